The Morgan fingerprint density at radius 3 is 2.40 bits per heavy atom. The van der Waals surface area contributed by atoms with Gasteiger partial charge >= 0.3 is 0 Å². The van der Waals surface area contributed by atoms with Crippen LogP contribution in [0.15, 0.2) is 12.1 Å². The Kier molecular flexibility index (Phi) is 5.08. The molecule has 0 radical (unpaired) electrons. The van der Waals surface area contributed by atoms with Crippen LogP contribution in [0.2, 0.25) is 0 Å². The van der Waals surface area contributed by atoms with Gasteiger partial charge in [-0.2, -0.15) is 5.26 Å². The Balaban J connectivity index is 1.98. The molecule has 1 unspecified atom stereocenters. The van der Waals surface area contributed by atoms with E-state index in [0.29, 0.717) is 5.92 Å². The Labute approximate surface area is 118 Å². The van der Waals surface area contributed by atoms with E-state index in [4.69, 9.17) is 5.26 Å². The molecule has 1 aliphatic rings. The topological polar surface area (TPSA) is 35.8 Å². The minimum atomic E-state index is -0.648. The molecular weight excluding hydrogens is 258 g/mol. The van der Waals surface area contributed by atoms with E-state index in [2.05, 4.69) is 12.2 Å². The number of nitriles is 1. The zero-order chi connectivity index (χ0) is 14.5. The van der Waals surface area contributed by atoms with Gasteiger partial charge in [0.1, 0.15) is 11.6 Å². The van der Waals surface area contributed by atoms with Gasteiger partial charge in [0.15, 0.2) is 0 Å². The van der Waals surface area contributed by atoms with Gasteiger partial charge in [-0.1, -0.05) is 19.3 Å². The maximum Gasteiger partial charge on any atom is 0.131 e. The highest BCUT2D eigenvalue weighted by atomic mass is 19.1. The molecule has 108 valence electrons. The lowest BCUT2D eigenvalue weighted by Crippen LogP contribution is -2.34. The van der Waals surface area contributed by atoms with E-state index in [-0.39, 0.29) is 23.7 Å². The summed E-state index contributed by atoms with van der Waals surface area (Å²) in [7, 11) is 0. The average Bonchev–Trinajstić information content (AvgIpc) is 2.46. The van der Waals surface area contributed by atoms with Crippen molar-refractivity contribution in [2.24, 2.45) is 5.92 Å². The van der Waals surface area contributed by atoms with Crippen LogP contribution in [0.5, 0.6) is 0 Å². The third-order valence-corrected chi connectivity index (χ3v) is 4.23. The first kappa shape index (κ1) is 14.9. The Morgan fingerprint density at radius 1 is 1.25 bits per heavy atom. The van der Waals surface area contributed by atoms with Gasteiger partial charge in [-0.3, -0.25) is 0 Å². The minimum Gasteiger partial charge on any atom is -0.310 e. The van der Waals surface area contributed by atoms with Gasteiger partial charge < -0.3 is 5.32 Å². The number of hydrogen-bond donors (Lipinski definition) is 1. The van der Waals surface area contributed by atoms with Crippen molar-refractivity contribution in [2.75, 3.05) is 0 Å². The normalized spacial score (nSPS) is 17.7. The van der Waals surface area contributed by atoms with Gasteiger partial charge in [-0.05, 0) is 37.8 Å². The summed E-state index contributed by atoms with van der Waals surface area (Å²) >= 11 is 0. The third-order valence-electron chi connectivity index (χ3n) is 4.23. The van der Waals surface area contributed by atoms with Crippen molar-refractivity contribution in [1.82, 2.24) is 5.32 Å². The predicted octanol–water partition coefficient (Wildman–Crippen LogP) is 3.89. The van der Waals surface area contributed by atoms with Crippen LogP contribution in [-0.4, -0.2) is 6.04 Å². The van der Waals surface area contributed by atoms with E-state index in [9.17, 15) is 8.78 Å². The Morgan fingerprint density at radius 2 is 1.85 bits per heavy atom. The van der Waals surface area contributed by atoms with Crippen LogP contribution < -0.4 is 5.32 Å². The van der Waals surface area contributed by atoms with Crippen molar-refractivity contribution in [1.29, 1.82) is 5.26 Å². The quantitative estimate of drug-likeness (QED) is 0.906. The molecule has 4 heteroatoms. The lowest BCUT2D eigenvalue weighted by molar-refractivity contribution is 0.279. The monoisotopic (exact) mass is 278 g/mol. The summed E-state index contributed by atoms with van der Waals surface area (Å²) in [5.74, 6) is -0.706. The molecule has 0 heterocycles. The summed E-state index contributed by atoms with van der Waals surface area (Å²) in [5, 5.41) is 11.9. The number of rotatable bonds is 4. The van der Waals surface area contributed by atoms with Crippen LogP contribution in [-0.2, 0) is 6.54 Å². The number of halogens is 2. The third kappa shape index (κ3) is 3.55. The molecule has 0 spiro atoms. The molecule has 1 aromatic rings. The molecule has 1 aliphatic carbocycles. The molecule has 1 atom stereocenters. The van der Waals surface area contributed by atoms with E-state index in [1.807, 2.05) is 0 Å². The summed E-state index contributed by atoms with van der Waals surface area (Å²) in [5.41, 5.74) is 0.0377. The predicted molar refractivity (Wildman–Crippen MR) is 73.9 cm³/mol. The molecule has 1 N–H and O–H groups in total. The summed E-state index contributed by atoms with van der Waals surface area (Å²) in [4.78, 5) is 0. The zero-order valence-electron chi connectivity index (χ0n) is 11.8. The van der Waals surface area contributed by atoms with Gasteiger partial charge in [-0.25, -0.2) is 8.78 Å². The summed E-state index contributed by atoms with van der Waals surface area (Å²) in [6, 6.07) is 4.18. The standard InChI is InChI=1S/C16H20F2N2/c1-11(13-5-3-2-4-6-13)20-10-14-15(17)7-12(9-19)8-16(14)18/h7-8,11,13,20H,2-6,10H2,1H3. The van der Waals surface area contributed by atoms with Crippen molar-refractivity contribution in [3.05, 3.63) is 34.9 Å². The zero-order valence-corrected chi connectivity index (χ0v) is 11.8. The second-order valence-electron chi connectivity index (χ2n) is 5.60. The largest absolute Gasteiger partial charge is 0.310 e. The molecule has 0 amide bonds. The van der Waals surface area contributed by atoms with E-state index in [0.717, 1.165) is 12.1 Å². The molecule has 20 heavy (non-hydrogen) atoms. The molecule has 1 aromatic carbocycles. The van der Waals surface area contributed by atoms with Crippen LogP contribution >= 0.6 is 0 Å². The number of nitrogens with zero attached hydrogens (tertiary/aromatic N) is 1. The van der Waals surface area contributed by atoms with Crippen LogP contribution in [0.1, 0.15) is 50.2 Å². The Hall–Kier alpha value is -1.47. The smallest absolute Gasteiger partial charge is 0.131 e. The van der Waals surface area contributed by atoms with Crippen molar-refractivity contribution in [3.63, 3.8) is 0 Å². The lowest BCUT2D eigenvalue weighted by atomic mass is 9.84. The van der Waals surface area contributed by atoms with Crippen molar-refractivity contribution in [2.45, 2.75) is 51.6 Å². The number of benzene rings is 1. The molecule has 2 rings (SSSR count). The first-order chi connectivity index (χ1) is 9.61. The molecule has 0 aromatic heterocycles. The first-order valence-corrected chi connectivity index (χ1v) is 7.23. The summed E-state index contributed by atoms with van der Waals surface area (Å²) < 4.78 is 27.5. The van der Waals surface area contributed by atoms with E-state index < -0.39 is 11.6 Å². The highest BCUT2D eigenvalue weighted by Crippen LogP contribution is 2.26. The van der Waals surface area contributed by atoms with Gasteiger partial charge in [0.25, 0.3) is 0 Å². The second kappa shape index (κ2) is 6.81. The molecular formula is C16H20F2N2. The van der Waals surface area contributed by atoms with E-state index >= 15 is 0 Å². The molecule has 2 nitrogen and oxygen atoms in total. The molecule has 0 aliphatic heterocycles. The molecule has 1 saturated carbocycles. The van der Waals surface area contributed by atoms with Gasteiger partial charge in [0, 0.05) is 18.2 Å². The fraction of sp³-hybridized carbons (Fsp3) is 0.562. The van der Waals surface area contributed by atoms with Crippen LogP contribution in [0.25, 0.3) is 0 Å². The van der Waals surface area contributed by atoms with Crippen molar-refractivity contribution < 1.29 is 8.78 Å². The number of hydrogen-bond acceptors (Lipinski definition) is 2. The minimum absolute atomic E-state index is 0.0177. The van der Waals surface area contributed by atoms with Crippen LogP contribution in [0.3, 0.4) is 0 Å². The Bertz CT molecular complexity index is 479. The van der Waals surface area contributed by atoms with Crippen LogP contribution in [0.4, 0.5) is 8.78 Å². The maximum absolute atomic E-state index is 13.8. The average molecular weight is 278 g/mol. The summed E-state index contributed by atoms with van der Waals surface area (Å²) in [6.07, 6.45) is 6.16. The molecule has 1 fully saturated rings. The highest BCUT2D eigenvalue weighted by molar-refractivity contribution is 5.34. The van der Waals surface area contributed by atoms with Crippen molar-refractivity contribution >= 4 is 0 Å². The van der Waals surface area contributed by atoms with E-state index in [1.165, 1.54) is 32.1 Å². The van der Waals surface area contributed by atoms with E-state index in [1.54, 1.807) is 6.07 Å². The molecule has 0 bridgehead atoms. The van der Waals surface area contributed by atoms with Gasteiger partial charge in [-0.15, -0.1) is 0 Å². The van der Waals surface area contributed by atoms with Crippen LogP contribution in [0, 0.1) is 28.9 Å². The SMILES string of the molecule is CC(NCc1c(F)cc(C#N)cc1F)C1CCCCC1. The first-order valence-electron chi connectivity index (χ1n) is 7.23. The highest BCUT2D eigenvalue weighted by Gasteiger charge is 2.20. The fourth-order valence-electron chi connectivity index (χ4n) is 2.90. The maximum atomic E-state index is 13.8. The lowest BCUT2D eigenvalue weighted by Gasteiger charge is -2.28. The second-order valence-corrected chi connectivity index (χ2v) is 5.60. The fourth-order valence-corrected chi connectivity index (χ4v) is 2.90. The molecule has 0 saturated heterocycles. The van der Waals surface area contributed by atoms with Gasteiger partial charge in [0.2, 0.25) is 0 Å². The van der Waals surface area contributed by atoms with Gasteiger partial charge in [0.05, 0.1) is 11.6 Å². The number of nitrogens with one attached hydrogen (secondary N) is 1. The van der Waals surface area contributed by atoms with Crippen molar-refractivity contribution in [3.8, 4) is 6.07 Å². The summed E-state index contributed by atoms with van der Waals surface area (Å²) in [6.45, 7) is 2.25.